The van der Waals surface area contributed by atoms with Gasteiger partial charge in [0.1, 0.15) is 11.4 Å². The average molecular weight is 476 g/mol. The van der Waals surface area contributed by atoms with Gasteiger partial charge in [-0.3, -0.25) is 14.9 Å². The van der Waals surface area contributed by atoms with Crippen LogP contribution >= 0.6 is 11.8 Å². The summed E-state index contributed by atoms with van der Waals surface area (Å²) in [5, 5.41) is 20.1. The Labute approximate surface area is 201 Å². The lowest BCUT2D eigenvalue weighted by molar-refractivity contribution is -0.136. The summed E-state index contributed by atoms with van der Waals surface area (Å²) < 4.78 is 6.01. The van der Waals surface area contributed by atoms with E-state index in [0.29, 0.717) is 24.1 Å². The summed E-state index contributed by atoms with van der Waals surface area (Å²) in [4.78, 5) is 20.7. The molecule has 3 N–H and O–H groups in total. The molecule has 0 radical (unpaired) electrons. The van der Waals surface area contributed by atoms with E-state index < -0.39 is 5.97 Å². The number of aromatic amines is 1. The fraction of sp³-hybridized carbons (Fsp3) is 0.200. The molecule has 4 aromatic rings. The first-order chi connectivity index (χ1) is 16.6. The summed E-state index contributed by atoms with van der Waals surface area (Å²) in [5.74, 6) is 0.595. The van der Waals surface area contributed by atoms with Gasteiger partial charge in [-0.1, -0.05) is 31.2 Å². The van der Waals surface area contributed by atoms with Gasteiger partial charge in [-0.2, -0.15) is 4.98 Å². The van der Waals surface area contributed by atoms with Crippen molar-refractivity contribution in [1.82, 2.24) is 20.2 Å². The molecule has 2 aromatic carbocycles. The minimum atomic E-state index is -0.839. The number of pyridine rings is 1. The maximum atomic E-state index is 10.9. The van der Waals surface area contributed by atoms with E-state index in [1.54, 1.807) is 6.20 Å². The van der Waals surface area contributed by atoms with Crippen LogP contribution in [0.1, 0.15) is 24.5 Å². The highest BCUT2D eigenvalue weighted by Crippen LogP contribution is 2.31. The number of H-pyrrole nitrogens is 1. The third-order valence-electron chi connectivity index (χ3n) is 4.87. The molecule has 34 heavy (non-hydrogen) atoms. The van der Waals surface area contributed by atoms with E-state index in [-0.39, 0.29) is 6.42 Å². The first-order valence-corrected chi connectivity index (χ1v) is 11.7. The number of anilines is 1. The average Bonchev–Trinajstić information content (AvgIpc) is 3.32. The molecule has 0 saturated carbocycles. The Morgan fingerprint density at radius 2 is 2.00 bits per heavy atom. The van der Waals surface area contributed by atoms with Gasteiger partial charge in [0.2, 0.25) is 5.16 Å². The molecular weight excluding hydrogens is 450 g/mol. The second kappa shape index (κ2) is 11.3. The van der Waals surface area contributed by atoms with Crippen LogP contribution in [-0.2, 0) is 17.8 Å². The van der Waals surface area contributed by atoms with E-state index in [1.807, 2.05) is 60.7 Å². The van der Waals surface area contributed by atoms with E-state index in [0.717, 1.165) is 39.6 Å². The monoisotopic (exact) mass is 475 g/mol. The molecule has 0 bridgehead atoms. The van der Waals surface area contributed by atoms with Gasteiger partial charge in [0.15, 0.2) is 5.82 Å². The maximum Gasteiger partial charge on any atom is 0.307 e. The first-order valence-electron chi connectivity index (χ1n) is 10.9. The zero-order chi connectivity index (χ0) is 23.8. The lowest BCUT2D eigenvalue weighted by Crippen LogP contribution is -2.05. The number of hydrogen-bond acceptors (Lipinski definition) is 7. The minimum Gasteiger partial charge on any atom is -0.493 e. The molecule has 0 atom stereocenters. The second-order valence-electron chi connectivity index (χ2n) is 7.52. The predicted molar refractivity (Wildman–Crippen MR) is 131 cm³/mol. The van der Waals surface area contributed by atoms with E-state index in [4.69, 9.17) is 9.84 Å². The number of carboxylic acid groups (broad SMARTS) is 1. The normalized spacial score (nSPS) is 10.7. The van der Waals surface area contributed by atoms with E-state index >= 15 is 0 Å². The van der Waals surface area contributed by atoms with Crippen molar-refractivity contribution in [3.05, 3.63) is 78.0 Å². The molecule has 0 aliphatic carbocycles. The summed E-state index contributed by atoms with van der Waals surface area (Å²) in [6, 6.07) is 19.1. The molecule has 0 aliphatic rings. The largest absolute Gasteiger partial charge is 0.493 e. The molecule has 174 valence electrons. The molecular formula is C25H25N5O3S. The molecule has 2 aromatic heterocycles. The van der Waals surface area contributed by atoms with Gasteiger partial charge in [-0.15, -0.1) is 5.10 Å². The van der Waals surface area contributed by atoms with E-state index in [9.17, 15) is 4.79 Å². The topological polar surface area (TPSA) is 113 Å². The third kappa shape index (κ3) is 6.35. The van der Waals surface area contributed by atoms with Crippen LogP contribution in [0, 0.1) is 0 Å². The van der Waals surface area contributed by atoms with Crippen molar-refractivity contribution in [1.29, 1.82) is 0 Å². The van der Waals surface area contributed by atoms with Crippen LogP contribution in [0.2, 0.25) is 0 Å². The molecule has 8 nitrogen and oxygen atoms in total. The Morgan fingerprint density at radius 1 is 1.15 bits per heavy atom. The summed E-state index contributed by atoms with van der Waals surface area (Å²) in [5.41, 5.74) is 3.45. The Hall–Kier alpha value is -3.85. The van der Waals surface area contributed by atoms with Crippen molar-refractivity contribution in [2.75, 3.05) is 11.9 Å². The number of carbonyl (C=O) groups is 1. The quantitative estimate of drug-likeness (QED) is 0.276. The van der Waals surface area contributed by atoms with Gasteiger partial charge in [-0.05, 0) is 60.1 Å². The fourth-order valence-corrected chi connectivity index (χ4v) is 3.96. The van der Waals surface area contributed by atoms with Crippen LogP contribution < -0.4 is 10.1 Å². The number of hydrogen-bond donors (Lipinski definition) is 3. The van der Waals surface area contributed by atoms with Gasteiger partial charge in [0, 0.05) is 28.9 Å². The summed E-state index contributed by atoms with van der Waals surface area (Å²) >= 11 is 1.45. The second-order valence-corrected chi connectivity index (χ2v) is 8.56. The lowest BCUT2D eigenvalue weighted by atomic mass is 10.1. The van der Waals surface area contributed by atoms with Crippen molar-refractivity contribution in [3.63, 3.8) is 0 Å². The van der Waals surface area contributed by atoms with Crippen molar-refractivity contribution < 1.29 is 14.6 Å². The number of ether oxygens (including phenoxy) is 1. The molecule has 0 spiro atoms. The zero-order valence-electron chi connectivity index (χ0n) is 18.7. The molecule has 0 amide bonds. The van der Waals surface area contributed by atoms with E-state index in [1.165, 1.54) is 11.8 Å². The van der Waals surface area contributed by atoms with Crippen LogP contribution in [0.15, 0.2) is 76.9 Å². The molecule has 0 aliphatic heterocycles. The third-order valence-corrected chi connectivity index (χ3v) is 5.73. The standard InChI is InChI=1S/C25H25N5O3S/c1-2-13-33-22-15-20(34-25-28-24(29-30-25)21-5-3-4-12-26-21)11-8-18(22)16-27-19-9-6-17(7-10-19)14-23(31)32/h3-12,15,27H,2,13-14,16H2,1H3,(H,31,32)(H,28,29,30). The fourth-order valence-electron chi connectivity index (χ4n) is 3.22. The van der Waals surface area contributed by atoms with Gasteiger partial charge in [-0.25, -0.2) is 0 Å². The van der Waals surface area contributed by atoms with Crippen molar-refractivity contribution >= 4 is 23.4 Å². The van der Waals surface area contributed by atoms with Crippen LogP contribution in [0.3, 0.4) is 0 Å². The Morgan fingerprint density at radius 3 is 2.74 bits per heavy atom. The predicted octanol–water partition coefficient (Wildman–Crippen LogP) is 5.05. The molecule has 9 heteroatoms. The number of nitrogens with zero attached hydrogens (tertiary/aromatic N) is 3. The van der Waals surface area contributed by atoms with Crippen LogP contribution in [0.25, 0.3) is 11.5 Å². The van der Waals surface area contributed by atoms with Crippen molar-refractivity contribution in [2.45, 2.75) is 36.4 Å². The number of rotatable bonds is 11. The molecule has 4 rings (SSSR count). The van der Waals surface area contributed by atoms with Crippen molar-refractivity contribution in [3.8, 4) is 17.3 Å². The lowest BCUT2D eigenvalue weighted by Gasteiger charge is -2.14. The zero-order valence-corrected chi connectivity index (χ0v) is 19.5. The number of aromatic nitrogens is 4. The molecule has 0 fully saturated rings. The van der Waals surface area contributed by atoms with Gasteiger partial charge in [0.25, 0.3) is 0 Å². The summed E-state index contributed by atoms with van der Waals surface area (Å²) in [6.07, 6.45) is 2.64. The van der Waals surface area contributed by atoms with Crippen LogP contribution in [0.5, 0.6) is 5.75 Å². The number of benzene rings is 2. The highest BCUT2D eigenvalue weighted by molar-refractivity contribution is 7.99. The first kappa shape index (κ1) is 23.3. The van der Waals surface area contributed by atoms with Crippen molar-refractivity contribution in [2.24, 2.45) is 0 Å². The van der Waals surface area contributed by atoms with Crippen LogP contribution in [-0.4, -0.2) is 37.8 Å². The molecule has 2 heterocycles. The van der Waals surface area contributed by atoms with E-state index in [2.05, 4.69) is 32.4 Å². The maximum absolute atomic E-state index is 10.9. The van der Waals surface area contributed by atoms with Gasteiger partial charge < -0.3 is 15.2 Å². The smallest absolute Gasteiger partial charge is 0.307 e. The number of aliphatic carboxylic acids is 1. The summed E-state index contributed by atoms with van der Waals surface area (Å²) in [7, 11) is 0. The Bertz CT molecular complexity index is 1230. The number of carboxylic acids is 1. The van der Waals surface area contributed by atoms with Gasteiger partial charge >= 0.3 is 5.97 Å². The highest BCUT2D eigenvalue weighted by Gasteiger charge is 2.11. The Kier molecular flexibility index (Phi) is 7.77. The molecule has 0 saturated heterocycles. The minimum absolute atomic E-state index is 0.0165. The summed E-state index contributed by atoms with van der Waals surface area (Å²) in [6.45, 7) is 3.27. The molecule has 0 unspecified atom stereocenters. The SMILES string of the molecule is CCCOc1cc(Sc2n[nH]c(-c3ccccn3)n2)ccc1CNc1ccc(CC(=O)O)cc1. The number of nitrogens with one attached hydrogen (secondary N) is 2. The van der Waals surface area contributed by atoms with Gasteiger partial charge in [0.05, 0.1) is 13.0 Å². The highest BCUT2D eigenvalue weighted by atomic mass is 32.2. The Balaban J connectivity index is 1.44. The van der Waals surface area contributed by atoms with Crippen LogP contribution in [0.4, 0.5) is 5.69 Å².